The van der Waals surface area contributed by atoms with Gasteiger partial charge in [-0.3, -0.25) is 9.99 Å². The van der Waals surface area contributed by atoms with E-state index in [0.717, 1.165) is 5.01 Å². The smallest absolute Gasteiger partial charge is 0.407 e. The van der Waals surface area contributed by atoms with E-state index in [9.17, 15) is 23.1 Å². The number of nitrogens with zero attached hydrogens (tertiary/aromatic N) is 3. The number of hydrogen-bond acceptors (Lipinski definition) is 4. The first kappa shape index (κ1) is 17.8. The van der Waals surface area contributed by atoms with Crippen molar-refractivity contribution in [2.75, 3.05) is 6.54 Å². The first-order valence-electron chi connectivity index (χ1n) is 8.12. The largest absolute Gasteiger partial charge is 0.478 e. The number of aromatic carboxylic acids is 1. The highest BCUT2D eigenvalue weighted by Gasteiger charge is 2.43. The molecule has 2 aliphatic carbocycles. The molecule has 1 N–H and O–H groups in total. The average Bonchev–Trinajstić information content (AvgIpc) is 3.14. The number of carbonyl (C=O) groups is 1. The lowest BCUT2D eigenvalue weighted by molar-refractivity contribution is -0.148. The molecule has 1 aromatic rings. The molecule has 9 heteroatoms. The molecular formula is C18H13ClF3N3O2. The molecule has 0 amide bonds. The van der Waals surface area contributed by atoms with Crippen LogP contribution in [0.3, 0.4) is 0 Å². The number of aromatic nitrogens is 1. The number of rotatable bonds is 3. The van der Waals surface area contributed by atoms with E-state index in [2.05, 4.69) is 10.1 Å². The Hall–Kier alpha value is -2.61. The number of fused-ring (bicyclic) bond motifs is 2. The quantitative estimate of drug-likeness (QED) is 0.848. The Balaban J connectivity index is 1.69. The van der Waals surface area contributed by atoms with Crippen molar-refractivity contribution in [3.8, 4) is 0 Å². The monoisotopic (exact) mass is 395 g/mol. The molecule has 0 radical (unpaired) electrons. The highest BCUT2D eigenvalue weighted by molar-refractivity contribution is 6.31. The van der Waals surface area contributed by atoms with E-state index < -0.39 is 24.7 Å². The number of alkyl halides is 3. The maximum atomic E-state index is 13.0. The summed E-state index contributed by atoms with van der Waals surface area (Å²) in [5.41, 5.74) is 2.33. The predicted octanol–water partition coefficient (Wildman–Crippen LogP) is 3.63. The fraction of sp³-hybridized carbons (Fsp3) is 0.278. The van der Waals surface area contributed by atoms with Gasteiger partial charge in [-0.15, -0.1) is 0 Å². The lowest BCUT2D eigenvalue weighted by Gasteiger charge is -2.27. The Kier molecular flexibility index (Phi) is 4.10. The molecule has 1 aromatic heterocycles. The van der Waals surface area contributed by atoms with Crippen LogP contribution in [0.1, 0.15) is 21.6 Å². The number of hydrogen-bond donors (Lipinski definition) is 1. The van der Waals surface area contributed by atoms with Gasteiger partial charge >= 0.3 is 12.1 Å². The number of carboxylic acids is 1. The maximum Gasteiger partial charge on any atom is 0.407 e. The molecule has 0 bridgehead atoms. The summed E-state index contributed by atoms with van der Waals surface area (Å²) in [6.07, 6.45) is 3.88. The number of carboxylic acid groups (broad SMARTS) is 1. The van der Waals surface area contributed by atoms with Gasteiger partial charge in [0.1, 0.15) is 6.54 Å². The molecule has 0 spiro atoms. The first-order chi connectivity index (χ1) is 12.7. The van der Waals surface area contributed by atoms with E-state index in [1.54, 1.807) is 24.3 Å². The zero-order valence-electron chi connectivity index (χ0n) is 13.7. The summed E-state index contributed by atoms with van der Waals surface area (Å²) in [5, 5.41) is 14.9. The Bertz CT molecular complexity index is 950. The zero-order valence-corrected chi connectivity index (χ0v) is 14.5. The van der Waals surface area contributed by atoms with Crippen LogP contribution in [0.2, 0.25) is 0 Å². The third-order valence-corrected chi connectivity index (χ3v) is 4.98. The van der Waals surface area contributed by atoms with Crippen molar-refractivity contribution in [1.29, 1.82) is 0 Å². The summed E-state index contributed by atoms with van der Waals surface area (Å²) in [4.78, 5) is 15.6. The molecule has 3 aliphatic rings. The summed E-state index contributed by atoms with van der Waals surface area (Å²) >= 11 is 5.98. The molecule has 0 saturated heterocycles. The molecule has 2 atom stereocenters. The van der Waals surface area contributed by atoms with E-state index in [4.69, 9.17) is 11.6 Å². The molecular weight excluding hydrogens is 383 g/mol. The van der Waals surface area contributed by atoms with Crippen LogP contribution < -0.4 is 0 Å². The Morgan fingerprint density at radius 2 is 2.19 bits per heavy atom. The summed E-state index contributed by atoms with van der Waals surface area (Å²) in [5.74, 6) is -1.45. The van der Waals surface area contributed by atoms with Crippen LogP contribution in [-0.2, 0) is 6.42 Å². The van der Waals surface area contributed by atoms with Gasteiger partial charge in [0.25, 0.3) is 0 Å². The first-order valence-corrected chi connectivity index (χ1v) is 8.50. The van der Waals surface area contributed by atoms with E-state index in [1.807, 2.05) is 0 Å². The summed E-state index contributed by atoms with van der Waals surface area (Å²) in [6, 6.07) is 0.784. The average molecular weight is 396 g/mol. The number of pyridine rings is 1. The Morgan fingerprint density at radius 3 is 2.89 bits per heavy atom. The SMILES string of the molecule is O=C(O)c1ccnc2c1CC(C1=NN(CC(F)(F)F)C3C=C(Cl)C=CC13)=C2. The predicted molar refractivity (Wildman–Crippen MR) is 93.4 cm³/mol. The van der Waals surface area contributed by atoms with E-state index in [0.29, 0.717) is 27.6 Å². The van der Waals surface area contributed by atoms with Crippen molar-refractivity contribution >= 4 is 29.4 Å². The molecule has 5 nitrogen and oxygen atoms in total. The molecule has 0 aromatic carbocycles. The van der Waals surface area contributed by atoms with Gasteiger partial charge in [0.05, 0.1) is 23.0 Å². The Morgan fingerprint density at radius 1 is 1.41 bits per heavy atom. The highest BCUT2D eigenvalue weighted by atomic mass is 35.5. The van der Waals surface area contributed by atoms with Crippen LogP contribution in [0, 0.1) is 5.92 Å². The van der Waals surface area contributed by atoms with Crippen LogP contribution in [-0.4, -0.2) is 45.5 Å². The van der Waals surface area contributed by atoms with Gasteiger partial charge in [0.15, 0.2) is 0 Å². The van der Waals surface area contributed by atoms with Crippen molar-refractivity contribution in [1.82, 2.24) is 9.99 Å². The maximum absolute atomic E-state index is 13.0. The standard InChI is InChI=1S/C18H13ClF3N3O2/c19-10-1-2-12-15(7-10)25(8-18(20,21)22)24-16(12)9-5-13-11(17(26)27)3-4-23-14(13)6-9/h1-4,6-7,12,15H,5,8H2,(H,26,27). The number of hydrazone groups is 1. The minimum atomic E-state index is -4.41. The highest BCUT2D eigenvalue weighted by Crippen LogP contribution is 2.38. The second-order valence-corrected chi connectivity index (χ2v) is 6.94. The third kappa shape index (κ3) is 3.25. The van der Waals surface area contributed by atoms with Gasteiger partial charge in [0, 0.05) is 23.6 Å². The fourth-order valence-corrected chi connectivity index (χ4v) is 3.82. The van der Waals surface area contributed by atoms with Gasteiger partial charge in [0.2, 0.25) is 0 Å². The van der Waals surface area contributed by atoms with E-state index >= 15 is 0 Å². The van der Waals surface area contributed by atoms with Crippen LogP contribution in [0.5, 0.6) is 0 Å². The molecule has 0 fully saturated rings. The van der Waals surface area contributed by atoms with Crippen LogP contribution in [0.4, 0.5) is 13.2 Å². The van der Waals surface area contributed by atoms with Gasteiger partial charge < -0.3 is 5.11 Å². The van der Waals surface area contributed by atoms with Gasteiger partial charge in [-0.1, -0.05) is 17.7 Å². The summed E-state index contributed by atoms with van der Waals surface area (Å²) < 4.78 is 38.9. The lowest BCUT2D eigenvalue weighted by Crippen LogP contribution is -2.38. The minimum Gasteiger partial charge on any atom is -0.478 e. The fourth-order valence-electron chi connectivity index (χ4n) is 3.62. The van der Waals surface area contributed by atoms with Crippen molar-refractivity contribution in [3.63, 3.8) is 0 Å². The van der Waals surface area contributed by atoms with Crippen LogP contribution >= 0.6 is 11.6 Å². The van der Waals surface area contributed by atoms with Gasteiger partial charge in [-0.25, -0.2) is 4.79 Å². The van der Waals surface area contributed by atoms with Crippen molar-refractivity contribution < 1.29 is 23.1 Å². The molecule has 27 heavy (non-hydrogen) atoms. The van der Waals surface area contributed by atoms with E-state index in [-0.39, 0.29) is 17.9 Å². The Labute approximate surface area is 157 Å². The normalized spacial score (nSPS) is 23.6. The molecule has 2 unspecified atom stereocenters. The van der Waals surface area contributed by atoms with E-state index in [1.165, 1.54) is 12.3 Å². The topological polar surface area (TPSA) is 65.8 Å². The van der Waals surface area contributed by atoms with Crippen molar-refractivity contribution in [2.24, 2.45) is 11.0 Å². The second-order valence-electron chi connectivity index (χ2n) is 6.50. The van der Waals surface area contributed by atoms with Gasteiger partial charge in [-0.05, 0) is 35.4 Å². The zero-order chi connectivity index (χ0) is 19.3. The summed E-state index contributed by atoms with van der Waals surface area (Å²) in [6.45, 7) is -1.19. The molecule has 4 rings (SSSR count). The molecule has 2 heterocycles. The van der Waals surface area contributed by atoms with Crippen molar-refractivity contribution in [2.45, 2.75) is 18.6 Å². The number of allylic oxidation sites excluding steroid dienone is 3. The third-order valence-electron chi connectivity index (χ3n) is 4.72. The second kappa shape index (κ2) is 6.23. The lowest BCUT2D eigenvalue weighted by atomic mass is 9.87. The van der Waals surface area contributed by atoms with Crippen molar-refractivity contribution in [3.05, 3.63) is 57.9 Å². The number of halogens is 4. The molecule has 0 saturated carbocycles. The minimum absolute atomic E-state index is 0.135. The summed E-state index contributed by atoms with van der Waals surface area (Å²) in [7, 11) is 0. The molecule has 1 aliphatic heterocycles. The van der Waals surface area contributed by atoms with Crippen LogP contribution in [0.15, 0.2) is 46.2 Å². The molecule has 140 valence electrons. The van der Waals surface area contributed by atoms with Gasteiger partial charge in [-0.2, -0.15) is 18.3 Å². The van der Waals surface area contributed by atoms with Crippen LogP contribution in [0.25, 0.3) is 6.08 Å².